The van der Waals surface area contributed by atoms with Gasteiger partial charge in [0.25, 0.3) is 11.8 Å². The first-order chi connectivity index (χ1) is 16.0. The number of hydrogen-bond acceptors (Lipinski definition) is 7. The van der Waals surface area contributed by atoms with E-state index in [9.17, 15) is 9.59 Å². The molecule has 2 aromatic heterocycles. The highest BCUT2D eigenvalue weighted by Gasteiger charge is 2.28. The standard InChI is InChI=1S/C24H24N4O5/c1-14-21-18(27-28-23(29)15-6-5-11-25-13-15)7-4-8-19(21)33-22(14)24(30)26-17-10-9-16(31-2)12-20(17)32-3/h5-6,9-13H,4,7-8H2,1-3H3,(H,26,30)(H,28,29)/b27-18+. The van der Waals surface area contributed by atoms with E-state index in [-0.39, 0.29) is 11.7 Å². The van der Waals surface area contributed by atoms with Crippen LogP contribution in [0.1, 0.15) is 50.6 Å². The van der Waals surface area contributed by atoms with E-state index < -0.39 is 5.91 Å². The van der Waals surface area contributed by atoms with Crippen LogP contribution in [0.2, 0.25) is 0 Å². The number of furan rings is 1. The number of aryl methyl sites for hydroxylation is 1. The van der Waals surface area contributed by atoms with E-state index in [1.54, 1.807) is 43.6 Å². The normalized spacial score (nSPS) is 13.8. The van der Waals surface area contributed by atoms with Crippen LogP contribution in [0.3, 0.4) is 0 Å². The van der Waals surface area contributed by atoms with E-state index in [4.69, 9.17) is 13.9 Å². The van der Waals surface area contributed by atoms with E-state index in [2.05, 4.69) is 20.8 Å². The van der Waals surface area contributed by atoms with Gasteiger partial charge in [-0.25, -0.2) is 5.43 Å². The van der Waals surface area contributed by atoms with Crippen molar-refractivity contribution in [1.29, 1.82) is 0 Å². The molecule has 0 saturated heterocycles. The molecule has 2 heterocycles. The molecular weight excluding hydrogens is 424 g/mol. The highest BCUT2D eigenvalue weighted by molar-refractivity contribution is 6.10. The Bertz CT molecular complexity index is 1220. The molecule has 0 radical (unpaired) electrons. The predicted octanol–water partition coefficient (Wildman–Crippen LogP) is 3.72. The number of ether oxygens (including phenoxy) is 2. The summed E-state index contributed by atoms with van der Waals surface area (Å²) < 4.78 is 16.5. The number of fused-ring (bicyclic) bond motifs is 1. The average molecular weight is 448 g/mol. The van der Waals surface area contributed by atoms with Gasteiger partial charge in [-0.2, -0.15) is 5.10 Å². The Hall–Kier alpha value is -4.14. The van der Waals surface area contributed by atoms with Gasteiger partial charge in [0.15, 0.2) is 5.76 Å². The Morgan fingerprint density at radius 3 is 2.70 bits per heavy atom. The highest BCUT2D eigenvalue weighted by Crippen LogP contribution is 2.32. The molecule has 0 spiro atoms. The monoisotopic (exact) mass is 448 g/mol. The molecule has 33 heavy (non-hydrogen) atoms. The van der Waals surface area contributed by atoms with Crippen LogP contribution >= 0.6 is 0 Å². The van der Waals surface area contributed by atoms with Gasteiger partial charge in [0.2, 0.25) is 0 Å². The van der Waals surface area contributed by atoms with Crippen LogP contribution in [0.25, 0.3) is 0 Å². The molecule has 170 valence electrons. The molecule has 1 aliphatic rings. The molecule has 9 heteroatoms. The number of amides is 2. The van der Waals surface area contributed by atoms with Crippen molar-refractivity contribution in [2.24, 2.45) is 5.10 Å². The van der Waals surface area contributed by atoms with Gasteiger partial charge in [-0.15, -0.1) is 0 Å². The Morgan fingerprint density at radius 1 is 1.12 bits per heavy atom. The third kappa shape index (κ3) is 4.57. The quantitative estimate of drug-likeness (QED) is 0.556. The molecule has 1 aliphatic carbocycles. The number of nitrogens with zero attached hydrogens (tertiary/aromatic N) is 2. The van der Waals surface area contributed by atoms with Gasteiger partial charge >= 0.3 is 0 Å². The maximum absolute atomic E-state index is 13.0. The van der Waals surface area contributed by atoms with Crippen LogP contribution in [0.15, 0.2) is 52.2 Å². The number of aromatic nitrogens is 1. The minimum atomic E-state index is -0.399. The number of anilines is 1. The molecular formula is C24H24N4O5. The van der Waals surface area contributed by atoms with Crippen LogP contribution in [-0.2, 0) is 6.42 Å². The number of methoxy groups -OCH3 is 2. The number of benzene rings is 1. The fourth-order valence-corrected chi connectivity index (χ4v) is 3.76. The molecule has 0 aliphatic heterocycles. The van der Waals surface area contributed by atoms with Crippen molar-refractivity contribution in [3.05, 3.63) is 70.9 Å². The van der Waals surface area contributed by atoms with Crippen molar-refractivity contribution < 1.29 is 23.5 Å². The molecule has 0 fully saturated rings. The molecule has 0 saturated carbocycles. The fraction of sp³-hybridized carbons (Fsp3) is 0.250. The van der Waals surface area contributed by atoms with E-state index >= 15 is 0 Å². The second kappa shape index (κ2) is 9.56. The third-order valence-corrected chi connectivity index (χ3v) is 5.40. The summed E-state index contributed by atoms with van der Waals surface area (Å²) in [5.74, 6) is 1.21. The number of pyridine rings is 1. The maximum atomic E-state index is 13.0. The van der Waals surface area contributed by atoms with E-state index in [1.807, 2.05) is 6.92 Å². The Balaban J connectivity index is 1.57. The summed E-state index contributed by atoms with van der Waals surface area (Å²) in [6.45, 7) is 1.81. The summed E-state index contributed by atoms with van der Waals surface area (Å²) in [7, 11) is 3.08. The van der Waals surface area contributed by atoms with Gasteiger partial charge < -0.3 is 19.2 Å². The largest absolute Gasteiger partial charge is 0.497 e. The summed E-state index contributed by atoms with van der Waals surface area (Å²) >= 11 is 0. The van der Waals surface area contributed by atoms with Gasteiger partial charge in [0, 0.05) is 36.0 Å². The first-order valence-electron chi connectivity index (χ1n) is 10.4. The van der Waals surface area contributed by atoms with Crippen LogP contribution in [0.4, 0.5) is 5.69 Å². The van der Waals surface area contributed by atoms with E-state index in [0.717, 1.165) is 12.0 Å². The molecule has 0 unspecified atom stereocenters. The minimum Gasteiger partial charge on any atom is -0.497 e. The molecule has 4 rings (SSSR count). The van der Waals surface area contributed by atoms with Gasteiger partial charge in [-0.05, 0) is 44.0 Å². The summed E-state index contributed by atoms with van der Waals surface area (Å²) in [5, 5.41) is 7.16. The summed E-state index contributed by atoms with van der Waals surface area (Å²) in [4.78, 5) is 29.3. The van der Waals surface area contributed by atoms with Gasteiger partial charge in [0.05, 0.1) is 31.2 Å². The van der Waals surface area contributed by atoms with Crippen LogP contribution in [-0.4, -0.2) is 36.7 Å². The minimum absolute atomic E-state index is 0.200. The first kappa shape index (κ1) is 22.1. The number of hydrogen-bond donors (Lipinski definition) is 2. The summed E-state index contributed by atoms with van der Waals surface area (Å²) in [5.41, 5.74) is 5.60. The lowest BCUT2D eigenvalue weighted by Gasteiger charge is -2.13. The number of rotatable bonds is 6. The second-order valence-electron chi connectivity index (χ2n) is 7.47. The number of hydrazone groups is 1. The van der Waals surface area contributed by atoms with E-state index in [1.165, 1.54) is 13.3 Å². The highest BCUT2D eigenvalue weighted by atomic mass is 16.5. The van der Waals surface area contributed by atoms with Crippen molar-refractivity contribution >= 4 is 23.2 Å². The Labute approximate surface area is 190 Å². The Kier molecular flexibility index (Phi) is 6.39. The average Bonchev–Trinajstić information content (AvgIpc) is 3.20. The SMILES string of the molecule is COc1ccc(NC(=O)c2oc3c(c2C)/C(=N/NC(=O)c2cccnc2)CCC3)c(OC)c1. The smallest absolute Gasteiger partial charge is 0.291 e. The second-order valence-corrected chi connectivity index (χ2v) is 7.47. The number of carbonyl (C=O) groups excluding carboxylic acids is 2. The topological polar surface area (TPSA) is 115 Å². The van der Waals surface area contributed by atoms with Crippen molar-refractivity contribution in [3.8, 4) is 11.5 Å². The Morgan fingerprint density at radius 2 is 1.97 bits per heavy atom. The molecule has 0 atom stereocenters. The lowest BCUT2D eigenvalue weighted by atomic mass is 9.93. The summed E-state index contributed by atoms with van der Waals surface area (Å²) in [6.07, 6.45) is 5.22. The van der Waals surface area contributed by atoms with Crippen LogP contribution in [0.5, 0.6) is 11.5 Å². The predicted molar refractivity (Wildman–Crippen MR) is 122 cm³/mol. The molecule has 2 N–H and O–H groups in total. The molecule has 3 aromatic rings. The van der Waals surface area contributed by atoms with Crippen molar-refractivity contribution in [3.63, 3.8) is 0 Å². The molecule has 0 bridgehead atoms. The van der Waals surface area contributed by atoms with E-state index in [0.29, 0.717) is 52.6 Å². The first-order valence-corrected chi connectivity index (χ1v) is 10.4. The zero-order valence-electron chi connectivity index (χ0n) is 18.6. The molecule has 2 amide bonds. The molecule has 9 nitrogen and oxygen atoms in total. The van der Waals surface area contributed by atoms with Crippen LogP contribution in [0, 0.1) is 6.92 Å². The number of carbonyl (C=O) groups is 2. The maximum Gasteiger partial charge on any atom is 0.291 e. The van der Waals surface area contributed by atoms with Crippen molar-refractivity contribution in [2.75, 3.05) is 19.5 Å². The molecule has 1 aromatic carbocycles. The van der Waals surface area contributed by atoms with Crippen molar-refractivity contribution in [2.45, 2.75) is 26.2 Å². The van der Waals surface area contributed by atoms with Gasteiger partial charge in [-0.3, -0.25) is 14.6 Å². The summed E-state index contributed by atoms with van der Waals surface area (Å²) in [6, 6.07) is 8.46. The number of nitrogens with one attached hydrogen (secondary N) is 2. The van der Waals surface area contributed by atoms with Gasteiger partial charge in [0.1, 0.15) is 17.3 Å². The zero-order valence-corrected chi connectivity index (χ0v) is 18.6. The van der Waals surface area contributed by atoms with Crippen LogP contribution < -0.4 is 20.2 Å². The zero-order chi connectivity index (χ0) is 23.4. The third-order valence-electron chi connectivity index (χ3n) is 5.40. The fourth-order valence-electron chi connectivity index (χ4n) is 3.76. The van der Waals surface area contributed by atoms with Gasteiger partial charge in [-0.1, -0.05) is 0 Å². The van der Waals surface area contributed by atoms with Crippen molar-refractivity contribution in [1.82, 2.24) is 10.4 Å². The lowest BCUT2D eigenvalue weighted by molar-refractivity contribution is 0.0953. The lowest BCUT2D eigenvalue weighted by Crippen LogP contribution is -2.22.